The first-order chi connectivity index (χ1) is 8.90. The van der Waals surface area contributed by atoms with Crippen LogP contribution in [0.2, 0.25) is 0 Å². The predicted octanol–water partition coefficient (Wildman–Crippen LogP) is 3.34. The fourth-order valence-electron chi connectivity index (χ4n) is 3.41. The number of hydrogen-bond acceptors (Lipinski definition) is 2. The summed E-state index contributed by atoms with van der Waals surface area (Å²) in [6.07, 6.45) is 7.93. The number of benzene rings is 1. The van der Waals surface area contributed by atoms with E-state index in [-0.39, 0.29) is 0 Å². The number of fused-ring (bicyclic) bond motifs is 1. The Hall–Kier alpha value is -1.41. The molecule has 2 atom stereocenters. The molecule has 3 rings (SSSR count). The third-order valence-electron chi connectivity index (χ3n) is 4.24. The lowest BCUT2D eigenvalue weighted by Crippen LogP contribution is -2.21. The highest BCUT2D eigenvalue weighted by Crippen LogP contribution is 2.41. The summed E-state index contributed by atoms with van der Waals surface area (Å²) in [5.74, 6) is 1.48. The molecule has 2 nitrogen and oxygen atoms in total. The van der Waals surface area contributed by atoms with Gasteiger partial charge in [-0.05, 0) is 55.3 Å². The van der Waals surface area contributed by atoms with Crippen LogP contribution in [-0.2, 0) is 0 Å². The molecule has 2 heteroatoms. The molecular weight excluding hydrogens is 220 g/mol. The fourth-order valence-corrected chi connectivity index (χ4v) is 3.41. The van der Waals surface area contributed by atoms with Crippen molar-refractivity contribution < 1.29 is 0 Å². The van der Waals surface area contributed by atoms with Gasteiger partial charge in [-0.25, -0.2) is 0 Å². The molecule has 1 fully saturated rings. The van der Waals surface area contributed by atoms with Gasteiger partial charge in [0, 0.05) is 17.8 Å². The van der Waals surface area contributed by atoms with E-state index in [9.17, 15) is 0 Å². The zero-order valence-electron chi connectivity index (χ0n) is 10.9. The van der Waals surface area contributed by atoms with Crippen LogP contribution in [0.4, 0.5) is 0 Å². The molecule has 0 amide bonds. The lowest BCUT2D eigenvalue weighted by Gasteiger charge is -2.21. The summed E-state index contributed by atoms with van der Waals surface area (Å²) in [6, 6.07) is 8.78. The maximum Gasteiger partial charge on any atom is 0.0349 e. The molecule has 0 spiro atoms. The third-order valence-corrected chi connectivity index (χ3v) is 4.24. The van der Waals surface area contributed by atoms with E-state index in [4.69, 9.17) is 0 Å². The molecule has 1 aliphatic carbocycles. The molecule has 0 saturated heterocycles. The van der Waals surface area contributed by atoms with E-state index < -0.39 is 0 Å². The van der Waals surface area contributed by atoms with Crippen molar-refractivity contribution in [3.63, 3.8) is 0 Å². The molecule has 0 bridgehead atoms. The van der Waals surface area contributed by atoms with Crippen molar-refractivity contribution in [2.75, 3.05) is 13.6 Å². The Morgan fingerprint density at radius 2 is 2.22 bits per heavy atom. The smallest absolute Gasteiger partial charge is 0.0349 e. The molecule has 2 aromatic rings. The van der Waals surface area contributed by atoms with Gasteiger partial charge in [-0.2, -0.15) is 0 Å². The van der Waals surface area contributed by atoms with Crippen LogP contribution in [0, 0.1) is 5.92 Å². The molecule has 1 aliphatic rings. The van der Waals surface area contributed by atoms with Crippen LogP contribution in [-0.4, -0.2) is 18.6 Å². The average Bonchev–Trinajstić information content (AvgIpc) is 2.87. The normalized spacial score (nSPS) is 23.6. The van der Waals surface area contributed by atoms with Crippen molar-refractivity contribution in [1.29, 1.82) is 0 Å². The second-order valence-corrected chi connectivity index (χ2v) is 5.30. The molecule has 94 valence electrons. The molecule has 1 N–H and O–H groups in total. The van der Waals surface area contributed by atoms with E-state index in [1.807, 2.05) is 12.4 Å². The SMILES string of the molecule is CNCC1CCCC1c1cccc2ccncc12. The third kappa shape index (κ3) is 2.01. The zero-order chi connectivity index (χ0) is 12.4. The van der Waals surface area contributed by atoms with Gasteiger partial charge in [-0.1, -0.05) is 24.6 Å². The minimum Gasteiger partial charge on any atom is -0.319 e. The number of nitrogens with zero attached hydrogens (tertiary/aromatic N) is 1. The molecule has 1 aromatic carbocycles. The van der Waals surface area contributed by atoms with Gasteiger partial charge >= 0.3 is 0 Å². The first kappa shape index (κ1) is 11.7. The fraction of sp³-hybridized carbons (Fsp3) is 0.438. The Kier molecular flexibility index (Phi) is 3.28. The number of aromatic nitrogens is 1. The van der Waals surface area contributed by atoms with Gasteiger partial charge in [0.25, 0.3) is 0 Å². The standard InChI is InChI=1S/C16H20N2/c1-17-10-13-5-3-6-14(13)15-7-2-4-12-8-9-18-11-16(12)15/h2,4,7-9,11,13-14,17H,3,5-6,10H2,1H3. The summed E-state index contributed by atoms with van der Waals surface area (Å²) in [6.45, 7) is 1.13. The molecule has 1 saturated carbocycles. The van der Waals surface area contributed by atoms with Gasteiger partial charge in [-0.3, -0.25) is 4.98 Å². The van der Waals surface area contributed by atoms with Crippen LogP contribution in [0.3, 0.4) is 0 Å². The van der Waals surface area contributed by atoms with Crippen LogP contribution in [0.25, 0.3) is 10.8 Å². The van der Waals surface area contributed by atoms with Crippen LogP contribution in [0.1, 0.15) is 30.7 Å². The summed E-state index contributed by atoms with van der Waals surface area (Å²) >= 11 is 0. The maximum atomic E-state index is 4.30. The molecule has 2 unspecified atom stereocenters. The van der Waals surface area contributed by atoms with E-state index in [0.717, 1.165) is 12.5 Å². The van der Waals surface area contributed by atoms with Crippen LogP contribution < -0.4 is 5.32 Å². The van der Waals surface area contributed by atoms with Crippen molar-refractivity contribution in [2.24, 2.45) is 5.92 Å². The molecule has 0 radical (unpaired) electrons. The largest absolute Gasteiger partial charge is 0.319 e. The van der Waals surface area contributed by atoms with Crippen molar-refractivity contribution in [2.45, 2.75) is 25.2 Å². The van der Waals surface area contributed by atoms with Crippen LogP contribution in [0.5, 0.6) is 0 Å². The van der Waals surface area contributed by atoms with Gasteiger partial charge in [0.05, 0.1) is 0 Å². The quantitative estimate of drug-likeness (QED) is 0.890. The van der Waals surface area contributed by atoms with E-state index in [1.54, 1.807) is 0 Å². The number of hydrogen-bond donors (Lipinski definition) is 1. The second-order valence-electron chi connectivity index (χ2n) is 5.30. The molecule has 0 aliphatic heterocycles. The van der Waals surface area contributed by atoms with Crippen molar-refractivity contribution in [1.82, 2.24) is 10.3 Å². The molecule has 1 heterocycles. The van der Waals surface area contributed by atoms with Crippen molar-refractivity contribution in [3.05, 3.63) is 42.2 Å². The highest BCUT2D eigenvalue weighted by atomic mass is 14.8. The van der Waals surface area contributed by atoms with E-state index in [2.05, 4.69) is 41.6 Å². The highest BCUT2D eigenvalue weighted by molar-refractivity contribution is 5.85. The maximum absolute atomic E-state index is 4.30. The topological polar surface area (TPSA) is 24.9 Å². The zero-order valence-corrected chi connectivity index (χ0v) is 10.9. The Morgan fingerprint density at radius 3 is 3.11 bits per heavy atom. The summed E-state index contributed by atoms with van der Waals surface area (Å²) in [7, 11) is 2.06. The van der Waals surface area contributed by atoms with Gasteiger partial charge in [0.2, 0.25) is 0 Å². The van der Waals surface area contributed by atoms with Gasteiger partial charge < -0.3 is 5.32 Å². The minimum absolute atomic E-state index is 0.699. The van der Waals surface area contributed by atoms with Crippen molar-refractivity contribution in [3.8, 4) is 0 Å². The summed E-state index contributed by atoms with van der Waals surface area (Å²) in [4.78, 5) is 4.30. The van der Waals surface area contributed by atoms with Gasteiger partial charge in [0.15, 0.2) is 0 Å². The Bertz CT molecular complexity index is 530. The first-order valence-corrected chi connectivity index (χ1v) is 6.87. The Morgan fingerprint density at radius 1 is 1.28 bits per heavy atom. The van der Waals surface area contributed by atoms with E-state index in [0.29, 0.717) is 5.92 Å². The van der Waals surface area contributed by atoms with E-state index >= 15 is 0 Å². The Labute approximate surface area is 108 Å². The molecule has 18 heavy (non-hydrogen) atoms. The number of nitrogens with one attached hydrogen (secondary N) is 1. The van der Waals surface area contributed by atoms with Crippen molar-refractivity contribution >= 4 is 10.8 Å². The number of rotatable bonds is 3. The summed E-state index contributed by atoms with van der Waals surface area (Å²) in [5, 5.41) is 6.00. The lowest BCUT2D eigenvalue weighted by atomic mass is 9.86. The minimum atomic E-state index is 0.699. The second kappa shape index (κ2) is 5.07. The predicted molar refractivity (Wildman–Crippen MR) is 75.8 cm³/mol. The van der Waals surface area contributed by atoms with Gasteiger partial charge in [-0.15, -0.1) is 0 Å². The number of pyridine rings is 1. The highest BCUT2D eigenvalue weighted by Gasteiger charge is 2.28. The van der Waals surface area contributed by atoms with Crippen LogP contribution >= 0.6 is 0 Å². The average molecular weight is 240 g/mol. The van der Waals surface area contributed by atoms with Crippen LogP contribution in [0.15, 0.2) is 36.7 Å². The van der Waals surface area contributed by atoms with E-state index in [1.165, 1.54) is 35.6 Å². The molecular formula is C16H20N2. The summed E-state index contributed by atoms with van der Waals surface area (Å²) in [5.41, 5.74) is 1.50. The van der Waals surface area contributed by atoms with Gasteiger partial charge in [0.1, 0.15) is 0 Å². The first-order valence-electron chi connectivity index (χ1n) is 6.87. The summed E-state index contributed by atoms with van der Waals surface area (Å²) < 4.78 is 0. The lowest BCUT2D eigenvalue weighted by molar-refractivity contribution is 0.464. The molecule has 1 aromatic heterocycles. The monoisotopic (exact) mass is 240 g/mol. The Balaban J connectivity index is 2.03.